The van der Waals surface area contributed by atoms with Gasteiger partial charge in [0.25, 0.3) is 0 Å². The molecule has 0 aliphatic rings. The number of hydrogen-bond donors (Lipinski definition) is 1. The molecule has 0 aliphatic heterocycles. The van der Waals surface area contributed by atoms with Gasteiger partial charge in [-0.25, -0.2) is 9.18 Å². The topological polar surface area (TPSA) is 55.8 Å². The number of ether oxygens (including phenoxy) is 2. The molecule has 0 saturated carbocycles. The summed E-state index contributed by atoms with van der Waals surface area (Å²) in [6, 6.07) is 10.3. The summed E-state index contributed by atoms with van der Waals surface area (Å²) in [6.45, 7) is -0.583. The van der Waals surface area contributed by atoms with E-state index in [0.717, 1.165) is 0 Å². The van der Waals surface area contributed by atoms with E-state index in [-0.39, 0.29) is 11.5 Å². The van der Waals surface area contributed by atoms with Gasteiger partial charge in [-0.15, -0.1) is 0 Å². The van der Waals surface area contributed by atoms with Crippen LogP contribution in [0.4, 0.5) is 4.39 Å². The van der Waals surface area contributed by atoms with Crippen LogP contribution in [0.3, 0.4) is 0 Å². The zero-order chi connectivity index (χ0) is 14.5. The van der Waals surface area contributed by atoms with Crippen molar-refractivity contribution in [2.75, 3.05) is 6.61 Å². The number of carbonyl (C=O) groups is 1. The zero-order valence-corrected chi connectivity index (χ0v) is 10.9. The molecule has 0 amide bonds. The zero-order valence-electron chi connectivity index (χ0n) is 10.2. The highest BCUT2D eigenvalue weighted by Gasteiger charge is 2.13. The van der Waals surface area contributed by atoms with Crippen molar-refractivity contribution in [1.29, 1.82) is 0 Å². The molecule has 4 nitrogen and oxygen atoms in total. The van der Waals surface area contributed by atoms with E-state index in [2.05, 4.69) is 0 Å². The van der Waals surface area contributed by atoms with Crippen LogP contribution in [-0.2, 0) is 4.79 Å². The molecule has 6 heteroatoms. The van der Waals surface area contributed by atoms with Gasteiger partial charge in [-0.05, 0) is 36.4 Å². The summed E-state index contributed by atoms with van der Waals surface area (Å²) < 4.78 is 24.1. The van der Waals surface area contributed by atoms with Crippen molar-refractivity contribution in [3.8, 4) is 17.2 Å². The van der Waals surface area contributed by atoms with Crippen LogP contribution in [0.2, 0.25) is 5.02 Å². The Bertz CT molecular complexity index is 613. The Morgan fingerprint density at radius 1 is 1.20 bits per heavy atom. The number of hydrogen-bond acceptors (Lipinski definition) is 3. The van der Waals surface area contributed by atoms with E-state index in [1.807, 2.05) is 0 Å². The fourth-order valence-electron chi connectivity index (χ4n) is 1.46. The average molecular weight is 297 g/mol. The van der Waals surface area contributed by atoms with Crippen LogP contribution in [0.25, 0.3) is 0 Å². The molecule has 0 fully saturated rings. The molecular formula is C14H10ClFO4. The van der Waals surface area contributed by atoms with Gasteiger partial charge in [0.2, 0.25) is 5.75 Å². The van der Waals surface area contributed by atoms with E-state index in [4.69, 9.17) is 26.2 Å². The van der Waals surface area contributed by atoms with Crippen LogP contribution in [0.1, 0.15) is 0 Å². The molecule has 2 aromatic rings. The van der Waals surface area contributed by atoms with Crippen molar-refractivity contribution in [2.24, 2.45) is 0 Å². The quantitative estimate of drug-likeness (QED) is 0.913. The first-order valence-corrected chi connectivity index (χ1v) is 6.00. The molecule has 1 N–H and O–H groups in total. The second kappa shape index (κ2) is 6.25. The number of aliphatic carboxylic acids is 1. The fourth-order valence-corrected chi connectivity index (χ4v) is 1.59. The summed E-state index contributed by atoms with van der Waals surface area (Å²) >= 11 is 5.74. The highest BCUT2D eigenvalue weighted by atomic mass is 35.5. The number of carboxylic acid groups (broad SMARTS) is 1. The second-order valence-corrected chi connectivity index (χ2v) is 4.24. The van der Waals surface area contributed by atoms with E-state index in [0.29, 0.717) is 10.8 Å². The van der Waals surface area contributed by atoms with Gasteiger partial charge in [-0.2, -0.15) is 0 Å². The van der Waals surface area contributed by atoms with E-state index in [1.54, 1.807) is 24.3 Å². The number of carboxylic acids is 1. The molecular weight excluding hydrogens is 287 g/mol. The van der Waals surface area contributed by atoms with Crippen LogP contribution in [0.15, 0.2) is 42.5 Å². The largest absolute Gasteiger partial charge is 0.479 e. The molecule has 2 aromatic carbocycles. The van der Waals surface area contributed by atoms with Crippen LogP contribution < -0.4 is 9.47 Å². The maximum Gasteiger partial charge on any atom is 0.341 e. The Morgan fingerprint density at radius 2 is 1.90 bits per heavy atom. The fraction of sp³-hybridized carbons (Fsp3) is 0.0714. The van der Waals surface area contributed by atoms with Crippen molar-refractivity contribution in [1.82, 2.24) is 0 Å². The minimum absolute atomic E-state index is 0.0161. The van der Waals surface area contributed by atoms with Gasteiger partial charge in [0.15, 0.2) is 18.2 Å². The summed E-state index contributed by atoms with van der Waals surface area (Å²) in [5.74, 6) is -1.60. The minimum atomic E-state index is -1.16. The average Bonchev–Trinajstić information content (AvgIpc) is 2.41. The number of halogens is 2. The standard InChI is InChI=1S/C14H10ClFO4/c15-9-4-6-10(7-5-9)20-14-11(16)2-1-3-12(14)19-8-13(17)18/h1-7H,8H2,(H,17,18). The lowest BCUT2D eigenvalue weighted by Gasteiger charge is -2.12. The van der Waals surface area contributed by atoms with Gasteiger partial charge in [0.1, 0.15) is 5.75 Å². The van der Waals surface area contributed by atoms with Gasteiger partial charge in [0.05, 0.1) is 0 Å². The molecule has 0 spiro atoms. The maximum atomic E-state index is 13.8. The molecule has 0 aromatic heterocycles. The maximum absolute atomic E-state index is 13.8. The summed E-state index contributed by atoms with van der Waals surface area (Å²) in [7, 11) is 0. The van der Waals surface area contributed by atoms with Gasteiger partial charge in [-0.1, -0.05) is 17.7 Å². The number of para-hydroxylation sites is 1. The van der Waals surface area contributed by atoms with Crippen molar-refractivity contribution >= 4 is 17.6 Å². The predicted octanol–water partition coefficient (Wildman–Crippen LogP) is 3.73. The molecule has 0 aliphatic carbocycles. The SMILES string of the molecule is O=C(O)COc1cccc(F)c1Oc1ccc(Cl)cc1. The molecule has 20 heavy (non-hydrogen) atoms. The smallest absolute Gasteiger partial charge is 0.341 e. The highest BCUT2D eigenvalue weighted by Crippen LogP contribution is 2.34. The van der Waals surface area contributed by atoms with E-state index < -0.39 is 18.4 Å². The Balaban J connectivity index is 2.25. The monoisotopic (exact) mass is 296 g/mol. The third-order valence-electron chi connectivity index (χ3n) is 2.32. The number of benzene rings is 2. The lowest BCUT2D eigenvalue weighted by Crippen LogP contribution is -2.10. The van der Waals surface area contributed by atoms with Crippen molar-refractivity contribution in [3.05, 3.63) is 53.3 Å². The van der Waals surface area contributed by atoms with Gasteiger partial charge < -0.3 is 14.6 Å². The van der Waals surface area contributed by atoms with Crippen molar-refractivity contribution in [2.45, 2.75) is 0 Å². The highest BCUT2D eigenvalue weighted by molar-refractivity contribution is 6.30. The minimum Gasteiger partial charge on any atom is -0.479 e. The summed E-state index contributed by atoms with van der Waals surface area (Å²) in [5.41, 5.74) is 0. The molecule has 2 rings (SSSR count). The summed E-state index contributed by atoms with van der Waals surface area (Å²) in [4.78, 5) is 10.5. The van der Waals surface area contributed by atoms with Crippen LogP contribution in [0.5, 0.6) is 17.2 Å². The first-order chi connectivity index (χ1) is 9.56. The summed E-state index contributed by atoms with van der Waals surface area (Å²) in [6.07, 6.45) is 0. The van der Waals surface area contributed by atoms with Gasteiger partial charge >= 0.3 is 5.97 Å². The van der Waals surface area contributed by atoms with Crippen molar-refractivity contribution in [3.63, 3.8) is 0 Å². The predicted molar refractivity (Wildman–Crippen MR) is 71.1 cm³/mol. The lowest BCUT2D eigenvalue weighted by atomic mass is 10.3. The normalized spacial score (nSPS) is 10.1. The Kier molecular flexibility index (Phi) is 4.42. The van der Waals surface area contributed by atoms with Crippen LogP contribution in [0, 0.1) is 5.82 Å². The molecule has 0 radical (unpaired) electrons. The van der Waals surface area contributed by atoms with E-state index in [9.17, 15) is 9.18 Å². The Hall–Kier alpha value is -2.27. The first kappa shape index (κ1) is 14.1. The number of rotatable bonds is 5. The molecule has 104 valence electrons. The van der Waals surface area contributed by atoms with Crippen LogP contribution in [-0.4, -0.2) is 17.7 Å². The third kappa shape index (κ3) is 3.61. The first-order valence-electron chi connectivity index (χ1n) is 5.63. The molecule has 0 saturated heterocycles. The molecule has 0 unspecified atom stereocenters. The van der Waals surface area contributed by atoms with E-state index >= 15 is 0 Å². The van der Waals surface area contributed by atoms with Gasteiger partial charge in [-0.3, -0.25) is 0 Å². The summed E-state index contributed by atoms with van der Waals surface area (Å²) in [5, 5.41) is 9.10. The molecule has 0 heterocycles. The Labute approximate surface area is 119 Å². The second-order valence-electron chi connectivity index (χ2n) is 3.81. The van der Waals surface area contributed by atoms with E-state index in [1.165, 1.54) is 18.2 Å². The van der Waals surface area contributed by atoms with Crippen LogP contribution >= 0.6 is 11.6 Å². The lowest BCUT2D eigenvalue weighted by molar-refractivity contribution is -0.139. The molecule has 0 bridgehead atoms. The Morgan fingerprint density at radius 3 is 2.55 bits per heavy atom. The van der Waals surface area contributed by atoms with Crippen molar-refractivity contribution < 1.29 is 23.8 Å². The molecule has 0 atom stereocenters. The third-order valence-corrected chi connectivity index (χ3v) is 2.57. The van der Waals surface area contributed by atoms with Gasteiger partial charge in [0, 0.05) is 5.02 Å².